The maximum absolute atomic E-state index is 11.6. The van der Waals surface area contributed by atoms with Gasteiger partial charge in [-0.15, -0.1) is 12.4 Å². The summed E-state index contributed by atoms with van der Waals surface area (Å²) in [6.45, 7) is 3.11. The minimum Gasteiger partial charge on any atom is -0.399 e. The van der Waals surface area contributed by atoms with E-state index in [-0.39, 0.29) is 24.2 Å². The third-order valence-electron chi connectivity index (χ3n) is 2.90. The Labute approximate surface area is 132 Å². The Morgan fingerprint density at radius 1 is 1.05 bits per heavy atom. The van der Waals surface area contributed by atoms with Crippen LogP contribution in [0.1, 0.15) is 31.7 Å². The molecule has 0 saturated carbocycles. The largest absolute Gasteiger partial charge is 0.399 e. The molecule has 0 spiro atoms. The molecular weight excluding hydrogens is 290 g/mol. The number of nitrogens with two attached hydrogens (primary N) is 1. The number of carbonyl (C=O) groups is 2. The van der Waals surface area contributed by atoms with Gasteiger partial charge < -0.3 is 16.4 Å². The molecule has 0 fully saturated rings. The highest BCUT2D eigenvalue weighted by Crippen LogP contribution is 2.05. The number of nitrogens with one attached hydrogen (secondary N) is 2. The van der Waals surface area contributed by atoms with Gasteiger partial charge in [-0.3, -0.25) is 9.59 Å². The Morgan fingerprint density at radius 3 is 2.19 bits per heavy atom. The Morgan fingerprint density at radius 2 is 1.62 bits per heavy atom. The molecule has 0 radical (unpaired) electrons. The summed E-state index contributed by atoms with van der Waals surface area (Å²) in [7, 11) is 0. The van der Waals surface area contributed by atoms with Gasteiger partial charge in [-0.2, -0.15) is 0 Å². The molecule has 0 aliphatic rings. The van der Waals surface area contributed by atoms with Crippen molar-refractivity contribution in [3.05, 3.63) is 29.8 Å². The molecule has 0 heterocycles. The monoisotopic (exact) mass is 313 g/mol. The topological polar surface area (TPSA) is 84.2 Å². The van der Waals surface area contributed by atoms with Crippen LogP contribution >= 0.6 is 12.4 Å². The molecule has 0 aliphatic carbocycles. The average molecular weight is 314 g/mol. The van der Waals surface area contributed by atoms with E-state index in [1.807, 2.05) is 31.2 Å². The van der Waals surface area contributed by atoms with Crippen molar-refractivity contribution in [3.63, 3.8) is 0 Å². The highest BCUT2D eigenvalue weighted by molar-refractivity contribution is 5.85. The molecule has 0 aliphatic heterocycles. The van der Waals surface area contributed by atoms with E-state index >= 15 is 0 Å². The van der Waals surface area contributed by atoms with Crippen LogP contribution in [0.4, 0.5) is 5.69 Å². The summed E-state index contributed by atoms with van der Waals surface area (Å²) < 4.78 is 0. The number of amides is 2. The molecule has 0 bridgehead atoms. The van der Waals surface area contributed by atoms with E-state index in [9.17, 15) is 9.59 Å². The summed E-state index contributed by atoms with van der Waals surface area (Å²) in [4.78, 5) is 22.8. The first-order valence-corrected chi connectivity index (χ1v) is 6.99. The Balaban J connectivity index is 0.00000400. The van der Waals surface area contributed by atoms with Gasteiger partial charge in [-0.1, -0.05) is 12.1 Å². The van der Waals surface area contributed by atoms with Crippen LogP contribution in [0.5, 0.6) is 0 Å². The summed E-state index contributed by atoms with van der Waals surface area (Å²) in [5.74, 6) is -0.00748. The fraction of sp³-hybridized carbons (Fsp3) is 0.467. The lowest BCUT2D eigenvalue weighted by molar-refractivity contribution is -0.122. The summed E-state index contributed by atoms with van der Waals surface area (Å²) in [6, 6.07) is 7.61. The van der Waals surface area contributed by atoms with Crippen LogP contribution in [0.3, 0.4) is 0 Å². The lowest BCUT2D eigenvalue weighted by Gasteiger charge is -2.06. The molecule has 0 aromatic heterocycles. The molecule has 5 nitrogen and oxygen atoms in total. The first-order valence-electron chi connectivity index (χ1n) is 6.99. The summed E-state index contributed by atoms with van der Waals surface area (Å²) >= 11 is 0. The number of rotatable bonds is 8. The van der Waals surface area contributed by atoms with E-state index < -0.39 is 0 Å². The zero-order valence-electron chi connectivity index (χ0n) is 12.4. The highest BCUT2D eigenvalue weighted by Gasteiger charge is 2.04. The third kappa shape index (κ3) is 8.92. The second-order valence-corrected chi connectivity index (χ2v) is 4.65. The number of hydrogen-bond donors (Lipinski definition) is 3. The first-order chi connectivity index (χ1) is 9.61. The van der Waals surface area contributed by atoms with Gasteiger partial charge in [0.2, 0.25) is 11.8 Å². The molecule has 118 valence electrons. The number of halogens is 1. The molecule has 21 heavy (non-hydrogen) atoms. The smallest absolute Gasteiger partial charge is 0.220 e. The number of hydrogen-bond acceptors (Lipinski definition) is 3. The quantitative estimate of drug-likeness (QED) is 0.638. The van der Waals surface area contributed by atoms with Crippen LogP contribution < -0.4 is 16.4 Å². The predicted molar refractivity (Wildman–Crippen MR) is 87.4 cm³/mol. The molecule has 2 amide bonds. The second-order valence-electron chi connectivity index (χ2n) is 4.65. The fourth-order valence-electron chi connectivity index (χ4n) is 1.81. The van der Waals surface area contributed by atoms with Crippen molar-refractivity contribution >= 4 is 29.9 Å². The molecule has 4 N–H and O–H groups in total. The molecule has 0 saturated heterocycles. The van der Waals surface area contributed by atoms with Crippen LogP contribution in [0.2, 0.25) is 0 Å². The van der Waals surface area contributed by atoms with Crippen molar-refractivity contribution < 1.29 is 9.59 Å². The SMILES string of the molecule is CCNC(=O)CCCC(=O)NCCc1ccc(N)cc1.Cl. The van der Waals surface area contributed by atoms with Crippen LogP contribution in [-0.2, 0) is 16.0 Å². The van der Waals surface area contributed by atoms with E-state index in [1.165, 1.54) is 0 Å². The second kappa shape index (κ2) is 11.0. The Hall–Kier alpha value is -1.75. The number of benzene rings is 1. The van der Waals surface area contributed by atoms with Crippen molar-refractivity contribution in [2.75, 3.05) is 18.8 Å². The maximum Gasteiger partial charge on any atom is 0.220 e. The van der Waals surface area contributed by atoms with Gasteiger partial charge in [0.15, 0.2) is 0 Å². The lowest BCUT2D eigenvalue weighted by atomic mass is 10.1. The third-order valence-corrected chi connectivity index (χ3v) is 2.90. The van der Waals surface area contributed by atoms with Crippen LogP contribution in [0.15, 0.2) is 24.3 Å². The van der Waals surface area contributed by atoms with Crippen molar-refractivity contribution in [2.24, 2.45) is 0 Å². The van der Waals surface area contributed by atoms with Gasteiger partial charge in [-0.05, 0) is 37.5 Å². The average Bonchev–Trinajstić information content (AvgIpc) is 2.41. The van der Waals surface area contributed by atoms with Gasteiger partial charge in [0.05, 0.1) is 0 Å². The van der Waals surface area contributed by atoms with Crippen LogP contribution in [-0.4, -0.2) is 24.9 Å². The van der Waals surface area contributed by atoms with Crippen molar-refractivity contribution in [1.82, 2.24) is 10.6 Å². The molecule has 1 aromatic rings. The van der Waals surface area contributed by atoms with Gasteiger partial charge in [-0.25, -0.2) is 0 Å². The van der Waals surface area contributed by atoms with Crippen LogP contribution in [0.25, 0.3) is 0 Å². The minimum atomic E-state index is -0.00950. The van der Waals surface area contributed by atoms with Gasteiger partial charge in [0, 0.05) is 31.6 Å². The van der Waals surface area contributed by atoms with E-state index in [0.29, 0.717) is 32.4 Å². The van der Waals surface area contributed by atoms with E-state index in [0.717, 1.165) is 17.7 Å². The zero-order valence-corrected chi connectivity index (χ0v) is 13.2. The Kier molecular flexibility index (Phi) is 10.1. The normalized spacial score (nSPS) is 9.57. The van der Waals surface area contributed by atoms with Gasteiger partial charge in [0.1, 0.15) is 0 Å². The summed E-state index contributed by atoms with van der Waals surface area (Å²) in [6.07, 6.45) is 2.15. The molecule has 0 atom stereocenters. The number of nitrogen functional groups attached to an aromatic ring is 1. The fourth-order valence-corrected chi connectivity index (χ4v) is 1.81. The maximum atomic E-state index is 11.6. The molecule has 6 heteroatoms. The molecule has 1 aromatic carbocycles. The van der Waals surface area contributed by atoms with E-state index in [4.69, 9.17) is 5.73 Å². The number of anilines is 1. The summed E-state index contributed by atoms with van der Waals surface area (Å²) in [5, 5.41) is 5.56. The van der Waals surface area contributed by atoms with Crippen molar-refractivity contribution in [2.45, 2.75) is 32.6 Å². The minimum absolute atomic E-state index is 0. The lowest BCUT2D eigenvalue weighted by Crippen LogP contribution is -2.26. The standard InChI is InChI=1S/C15H23N3O2.ClH/c1-2-17-14(19)4-3-5-15(20)18-11-10-12-6-8-13(16)9-7-12;/h6-9H,2-5,10-11,16H2,1H3,(H,17,19)(H,18,20);1H. The Bertz CT molecular complexity index is 435. The van der Waals surface area contributed by atoms with Gasteiger partial charge in [0.25, 0.3) is 0 Å². The molecule has 1 rings (SSSR count). The van der Waals surface area contributed by atoms with Crippen LogP contribution in [0, 0.1) is 0 Å². The number of carbonyl (C=O) groups excluding carboxylic acids is 2. The van der Waals surface area contributed by atoms with E-state index in [2.05, 4.69) is 10.6 Å². The van der Waals surface area contributed by atoms with Gasteiger partial charge >= 0.3 is 0 Å². The zero-order chi connectivity index (χ0) is 14.8. The highest BCUT2D eigenvalue weighted by atomic mass is 35.5. The first kappa shape index (κ1) is 19.2. The van der Waals surface area contributed by atoms with Crippen molar-refractivity contribution in [1.29, 1.82) is 0 Å². The summed E-state index contributed by atoms with van der Waals surface area (Å²) in [5.41, 5.74) is 7.48. The van der Waals surface area contributed by atoms with Crippen molar-refractivity contribution in [3.8, 4) is 0 Å². The molecule has 0 unspecified atom stereocenters. The predicted octanol–water partition coefficient (Wildman–Crippen LogP) is 1.66. The molecular formula is C15H24ClN3O2. The van der Waals surface area contributed by atoms with E-state index in [1.54, 1.807) is 0 Å².